The predicted molar refractivity (Wildman–Crippen MR) is 52.9 cm³/mol. The van der Waals surface area contributed by atoms with Crippen LogP contribution in [0, 0.1) is 0 Å². The fraction of sp³-hybridized carbons (Fsp3) is 0.100. The topological polar surface area (TPSA) is 59.1 Å². The molecule has 0 aliphatic carbocycles. The van der Waals surface area contributed by atoms with Crippen molar-refractivity contribution in [2.45, 2.75) is 6.54 Å². The molecule has 1 N–H and O–H groups in total. The SMILES string of the molecule is O=c1cc(NCc2cccnc2)c1=O. The van der Waals surface area contributed by atoms with Gasteiger partial charge in [0.25, 0.3) is 0 Å². The van der Waals surface area contributed by atoms with Crippen LogP contribution < -0.4 is 16.2 Å². The molecule has 0 aliphatic heterocycles. The molecule has 0 fully saturated rings. The van der Waals surface area contributed by atoms with Crippen molar-refractivity contribution in [2.75, 3.05) is 5.32 Å². The quantitative estimate of drug-likeness (QED) is 0.703. The van der Waals surface area contributed by atoms with Gasteiger partial charge in [0.05, 0.1) is 5.69 Å². The fourth-order valence-corrected chi connectivity index (χ4v) is 1.15. The molecule has 0 bridgehead atoms. The van der Waals surface area contributed by atoms with Crippen molar-refractivity contribution in [1.82, 2.24) is 4.98 Å². The largest absolute Gasteiger partial charge is 0.378 e. The Bertz CT molecular complexity index is 498. The van der Waals surface area contributed by atoms with E-state index in [2.05, 4.69) is 10.3 Å². The third kappa shape index (κ3) is 1.54. The first-order chi connectivity index (χ1) is 6.77. The molecule has 14 heavy (non-hydrogen) atoms. The molecule has 2 aromatic rings. The van der Waals surface area contributed by atoms with Crippen LogP contribution in [0.1, 0.15) is 5.56 Å². The van der Waals surface area contributed by atoms with E-state index >= 15 is 0 Å². The Morgan fingerprint density at radius 1 is 1.36 bits per heavy atom. The molecule has 0 spiro atoms. The zero-order chi connectivity index (χ0) is 9.97. The van der Waals surface area contributed by atoms with Crippen molar-refractivity contribution < 1.29 is 0 Å². The van der Waals surface area contributed by atoms with Gasteiger partial charge in [-0.1, -0.05) is 6.07 Å². The van der Waals surface area contributed by atoms with Crippen molar-refractivity contribution in [3.05, 3.63) is 56.6 Å². The van der Waals surface area contributed by atoms with Crippen molar-refractivity contribution in [3.8, 4) is 0 Å². The summed E-state index contributed by atoms with van der Waals surface area (Å²) in [5, 5.41) is 2.87. The number of aromatic nitrogens is 1. The summed E-state index contributed by atoms with van der Waals surface area (Å²) in [6.07, 6.45) is 3.39. The summed E-state index contributed by atoms with van der Waals surface area (Å²) >= 11 is 0. The lowest BCUT2D eigenvalue weighted by Crippen LogP contribution is -2.32. The summed E-state index contributed by atoms with van der Waals surface area (Å²) in [6.45, 7) is 0.513. The molecule has 2 rings (SSSR count). The Hall–Kier alpha value is -1.97. The van der Waals surface area contributed by atoms with Crippen LogP contribution in [0.2, 0.25) is 0 Å². The first kappa shape index (κ1) is 8.62. The van der Waals surface area contributed by atoms with Crippen LogP contribution in [-0.2, 0) is 6.54 Å². The van der Waals surface area contributed by atoms with E-state index in [4.69, 9.17) is 0 Å². The molecule has 0 unspecified atom stereocenters. The molecule has 0 radical (unpaired) electrons. The van der Waals surface area contributed by atoms with E-state index in [1.165, 1.54) is 6.07 Å². The minimum atomic E-state index is -0.436. The molecular formula is C10H8N2O2. The van der Waals surface area contributed by atoms with E-state index in [9.17, 15) is 9.59 Å². The number of pyridine rings is 1. The average Bonchev–Trinajstić information content (AvgIpc) is 2.25. The highest BCUT2D eigenvalue weighted by Gasteiger charge is 2.07. The van der Waals surface area contributed by atoms with Gasteiger partial charge in [-0.05, 0) is 11.6 Å². The number of nitrogens with zero attached hydrogens (tertiary/aromatic N) is 1. The second-order valence-electron chi connectivity index (χ2n) is 2.97. The third-order valence-electron chi connectivity index (χ3n) is 1.95. The Morgan fingerprint density at radius 2 is 2.21 bits per heavy atom. The van der Waals surface area contributed by atoms with Gasteiger partial charge in [-0.25, -0.2) is 0 Å². The van der Waals surface area contributed by atoms with E-state index in [0.717, 1.165) is 5.56 Å². The predicted octanol–water partition coefficient (Wildman–Crippen LogP) is 0.290. The molecule has 0 saturated carbocycles. The maximum absolute atomic E-state index is 10.9. The van der Waals surface area contributed by atoms with Gasteiger partial charge in [0, 0.05) is 25.0 Å². The number of anilines is 1. The van der Waals surface area contributed by atoms with E-state index < -0.39 is 10.9 Å². The highest BCUT2D eigenvalue weighted by Crippen LogP contribution is 2.01. The van der Waals surface area contributed by atoms with E-state index in [1.807, 2.05) is 12.1 Å². The van der Waals surface area contributed by atoms with Crippen molar-refractivity contribution in [2.24, 2.45) is 0 Å². The summed E-state index contributed by atoms with van der Waals surface area (Å²) in [5.41, 5.74) is 0.493. The minimum Gasteiger partial charge on any atom is -0.378 e. The van der Waals surface area contributed by atoms with Crippen LogP contribution >= 0.6 is 0 Å². The molecule has 1 heterocycles. The highest BCUT2D eigenvalue weighted by atomic mass is 16.2. The van der Waals surface area contributed by atoms with Crippen LogP contribution in [0.5, 0.6) is 0 Å². The minimum absolute atomic E-state index is 0.388. The maximum Gasteiger partial charge on any atom is 0.248 e. The molecular weight excluding hydrogens is 180 g/mol. The fourth-order valence-electron chi connectivity index (χ4n) is 1.15. The van der Waals surface area contributed by atoms with Gasteiger partial charge in [-0.15, -0.1) is 0 Å². The van der Waals surface area contributed by atoms with Crippen molar-refractivity contribution in [1.29, 1.82) is 0 Å². The lowest BCUT2D eigenvalue weighted by atomic mass is 10.2. The molecule has 1 aromatic carbocycles. The molecule has 0 atom stereocenters. The lowest BCUT2D eigenvalue weighted by molar-refractivity contribution is 1.10. The Labute approximate surface area is 79.9 Å². The van der Waals surface area contributed by atoms with Crippen molar-refractivity contribution >= 4 is 5.69 Å². The number of hydrogen-bond donors (Lipinski definition) is 1. The molecule has 1 aromatic heterocycles. The lowest BCUT2D eigenvalue weighted by Gasteiger charge is -2.05. The van der Waals surface area contributed by atoms with Gasteiger partial charge >= 0.3 is 0 Å². The van der Waals surface area contributed by atoms with E-state index in [-0.39, 0.29) is 0 Å². The summed E-state index contributed by atoms with van der Waals surface area (Å²) < 4.78 is 0. The molecule has 0 amide bonds. The molecule has 0 saturated heterocycles. The van der Waals surface area contributed by atoms with E-state index in [1.54, 1.807) is 12.4 Å². The van der Waals surface area contributed by atoms with Crippen LogP contribution in [0.15, 0.2) is 40.2 Å². The standard InChI is InChI=1S/C10H8N2O2/c13-9-4-8(10(9)14)12-6-7-2-1-3-11-5-7/h1-5,12H,6H2. The molecule has 4 heteroatoms. The average molecular weight is 188 g/mol. The number of rotatable bonds is 3. The van der Waals surface area contributed by atoms with Crippen LogP contribution in [0.3, 0.4) is 0 Å². The van der Waals surface area contributed by atoms with Crippen LogP contribution in [0.4, 0.5) is 5.69 Å². The number of hydrogen-bond acceptors (Lipinski definition) is 4. The second-order valence-corrected chi connectivity index (χ2v) is 2.97. The van der Waals surface area contributed by atoms with Crippen molar-refractivity contribution in [3.63, 3.8) is 0 Å². The van der Waals surface area contributed by atoms with Gasteiger partial charge < -0.3 is 5.32 Å². The first-order valence-electron chi connectivity index (χ1n) is 4.20. The molecule has 70 valence electrons. The highest BCUT2D eigenvalue weighted by molar-refractivity contribution is 5.47. The molecule has 4 nitrogen and oxygen atoms in total. The van der Waals surface area contributed by atoms with Gasteiger partial charge in [0.2, 0.25) is 10.9 Å². The normalized spacial score (nSPS) is 10.3. The summed E-state index contributed by atoms with van der Waals surface area (Å²) in [6, 6.07) is 5.02. The zero-order valence-corrected chi connectivity index (χ0v) is 7.36. The Kier molecular flexibility index (Phi) is 2.10. The maximum atomic E-state index is 10.9. The van der Waals surface area contributed by atoms with Gasteiger partial charge in [0.1, 0.15) is 0 Å². The van der Waals surface area contributed by atoms with Crippen LogP contribution in [0.25, 0.3) is 0 Å². The number of nitrogens with one attached hydrogen (secondary N) is 1. The Morgan fingerprint density at radius 3 is 2.79 bits per heavy atom. The summed E-state index contributed by atoms with van der Waals surface area (Å²) in [7, 11) is 0. The van der Waals surface area contributed by atoms with E-state index in [0.29, 0.717) is 12.2 Å². The van der Waals surface area contributed by atoms with Crippen LogP contribution in [-0.4, -0.2) is 4.98 Å². The monoisotopic (exact) mass is 188 g/mol. The second kappa shape index (κ2) is 3.41. The van der Waals surface area contributed by atoms with Gasteiger partial charge in [-0.2, -0.15) is 0 Å². The Balaban J connectivity index is 2.00. The van der Waals surface area contributed by atoms with Gasteiger partial charge in [-0.3, -0.25) is 14.6 Å². The molecule has 0 aliphatic rings. The third-order valence-corrected chi connectivity index (χ3v) is 1.95. The zero-order valence-electron chi connectivity index (χ0n) is 7.36. The summed E-state index contributed by atoms with van der Waals surface area (Å²) in [5.74, 6) is 0. The first-order valence-corrected chi connectivity index (χ1v) is 4.20. The smallest absolute Gasteiger partial charge is 0.248 e. The summed E-state index contributed by atoms with van der Waals surface area (Å²) in [4.78, 5) is 25.4. The van der Waals surface area contributed by atoms with Gasteiger partial charge in [0.15, 0.2) is 0 Å².